The predicted molar refractivity (Wildman–Crippen MR) is 96.9 cm³/mol. The Morgan fingerprint density at radius 3 is 2.73 bits per heavy atom. The number of esters is 1. The molecule has 4 nitrogen and oxygen atoms in total. The molecule has 0 bridgehead atoms. The molecule has 3 rings (SSSR count). The molecule has 0 aliphatic carbocycles. The third-order valence-corrected chi connectivity index (χ3v) is 4.90. The van der Waals surface area contributed by atoms with E-state index in [1.807, 2.05) is 12.1 Å². The second kappa shape index (κ2) is 7.87. The van der Waals surface area contributed by atoms with E-state index in [-0.39, 0.29) is 28.4 Å². The van der Waals surface area contributed by atoms with Crippen molar-refractivity contribution in [1.82, 2.24) is 4.90 Å². The number of likely N-dealkylation sites (tertiary alicyclic amines) is 1. The van der Waals surface area contributed by atoms with Crippen molar-refractivity contribution in [3.05, 3.63) is 70.0 Å². The predicted octanol–water partition coefficient (Wildman–Crippen LogP) is 3.97. The summed E-state index contributed by atoms with van der Waals surface area (Å²) in [6, 6.07) is 11.4. The van der Waals surface area contributed by atoms with Gasteiger partial charge in [0.1, 0.15) is 5.82 Å². The number of halogens is 2. The van der Waals surface area contributed by atoms with E-state index in [0.717, 1.165) is 18.1 Å². The van der Waals surface area contributed by atoms with Crippen molar-refractivity contribution in [2.24, 2.45) is 5.92 Å². The van der Waals surface area contributed by atoms with Gasteiger partial charge in [-0.25, -0.2) is 9.18 Å². The monoisotopic (exact) mass is 375 g/mol. The Balaban J connectivity index is 1.70. The van der Waals surface area contributed by atoms with Crippen LogP contribution in [0.3, 0.4) is 0 Å². The van der Waals surface area contributed by atoms with Crippen molar-refractivity contribution < 1.29 is 18.7 Å². The van der Waals surface area contributed by atoms with Crippen LogP contribution in [-0.2, 0) is 11.2 Å². The summed E-state index contributed by atoms with van der Waals surface area (Å²) in [4.78, 5) is 26.1. The van der Waals surface area contributed by atoms with Gasteiger partial charge in [0.2, 0.25) is 0 Å². The Morgan fingerprint density at radius 2 is 2.00 bits per heavy atom. The van der Waals surface area contributed by atoms with E-state index in [1.54, 1.807) is 17.0 Å². The number of nitrogens with zero attached hydrogens (tertiary/aromatic N) is 1. The maximum atomic E-state index is 14.0. The van der Waals surface area contributed by atoms with Crippen molar-refractivity contribution in [3.8, 4) is 0 Å². The van der Waals surface area contributed by atoms with Gasteiger partial charge in [-0.1, -0.05) is 29.8 Å². The molecule has 1 aliphatic heterocycles. The number of hydrogen-bond donors (Lipinski definition) is 0. The van der Waals surface area contributed by atoms with Crippen LogP contribution < -0.4 is 0 Å². The first kappa shape index (κ1) is 18.4. The molecule has 26 heavy (non-hydrogen) atoms. The zero-order chi connectivity index (χ0) is 18.7. The van der Waals surface area contributed by atoms with Crippen molar-refractivity contribution in [3.63, 3.8) is 0 Å². The standard InChI is InChI=1S/C20H19ClFNO3/c1-26-20(25)16-5-3-2-4-14(16)10-13-8-9-23(12-13)19(24)17-7-6-15(21)11-18(17)22/h2-7,11,13H,8-10,12H2,1H3. The average Bonchev–Trinajstić information content (AvgIpc) is 3.09. The van der Waals surface area contributed by atoms with Gasteiger partial charge in [-0.15, -0.1) is 0 Å². The van der Waals surface area contributed by atoms with E-state index in [2.05, 4.69) is 0 Å². The van der Waals surface area contributed by atoms with Gasteiger partial charge in [0.15, 0.2) is 0 Å². The topological polar surface area (TPSA) is 46.6 Å². The third kappa shape index (κ3) is 3.88. The van der Waals surface area contributed by atoms with E-state index in [9.17, 15) is 14.0 Å². The van der Waals surface area contributed by atoms with Gasteiger partial charge in [-0.2, -0.15) is 0 Å². The molecule has 1 unspecified atom stereocenters. The van der Waals surface area contributed by atoms with Crippen LogP contribution in [0.5, 0.6) is 0 Å². The van der Waals surface area contributed by atoms with Gasteiger partial charge in [-0.3, -0.25) is 4.79 Å². The Morgan fingerprint density at radius 1 is 1.23 bits per heavy atom. The largest absolute Gasteiger partial charge is 0.465 e. The minimum Gasteiger partial charge on any atom is -0.465 e. The summed E-state index contributed by atoms with van der Waals surface area (Å²) >= 11 is 5.74. The average molecular weight is 376 g/mol. The number of ether oxygens (including phenoxy) is 1. The molecule has 1 aliphatic rings. The molecular weight excluding hydrogens is 357 g/mol. The van der Waals surface area contributed by atoms with Crippen molar-refractivity contribution >= 4 is 23.5 Å². The van der Waals surface area contributed by atoms with Crippen LogP contribution in [0, 0.1) is 11.7 Å². The van der Waals surface area contributed by atoms with Crippen LogP contribution in [0.1, 0.15) is 32.7 Å². The second-order valence-corrected chi connectivity index (χ2v) is 6.82. The molecular formula is C20H19ClFNO3. The highest BCUT2D eigenvalue weighted by Gasteiger charge is 2.29. The van der Waals surface area contributed by atoms with Crippen molar-refractivity contribution in [2.45, 2.75) is 12.8 Å². The Bertz CT molecular complexity index is 840. The van der Waals surface area contributed by atoms with Gasteiger partial charge >= 0.3 is 5.97 Å². The molecule has 1 fully saturated rings. The first-order valence-electron chi connectivity index (χ1n) is 8.40. The lowest BCUT2D eigenvalue weighted by Crippen LogP contribution is -2.29. The van der Waals surface area contributed by atoms with Crippen LogP contribution in [-0.4, -0.2) is 37.0 Å². The van der Waals surface area contributed by atoms with Crippen LogP contribution in [0.4, 0.5) is 4.39 Å². The maximum Gasteiger partial charge on any atom is 0.338 e. The van der Waals surface area contributed by atoms with Crippen molar-refractivity contribution in [1.29, 1.82) is 0 Å². The molecule has 136 valence electrons. The Kier molecular flexibility index (Phi) is 5.57. The van der Waals surface area contributed by atoms with Gasteiger partial charge in [0.25, 0.3) is 5.91 Å². The molecule has 1 amide bonds. The maximum absolute atomic E-state index is 14.0. The number of amides is 1. The van der Waals surface area contributed by atoms with E-state index in [1.165, 1.54) is 19.2 Å². The summed E-state index contributed by atoms with van der Waals surface area (Å²) in [7, 11) is 1.36. The summed E-state index contributed by atoms with van der Waals surface area (Å²) in [5.74, 6) is -1.10. The quantitative estimate of drug-likeness (QED) is 0.759. The fourth-order valence-electron chi connectivity index (χ4n) is 3.34. The van der Waals surface area contributed by atoms with Gasteiger partial charge < -0.3 is 9.64 Å². The van der Waals surface area contributed by atoms with Gasteiger partial charge in [0, 0.05) is 18.1 Å². The normalized spacial score (nSPS) is 16.6. The molecule has 2 aromatic carbocycles. The molecule has 0 saturated carbocycles. The minimum atomic E-state index is -0.609. The third-order valence-electron chi connectivity index (χ3n) is 4.67. The molecule has 0 radical (unpaired) electrons. The van der Waals surface area contributed by atoms with E-state index in [4.69, 9.17) is 16.3 Å². The highest BCUT2D eigenvalue weighted by Crippen LogP contribution is 2.25. The molecule has 0 N–H and O–H groups in total. The number of methoxy groups -OCH3 is 1. The zero-order valence-electron chi connectivity index (χ0n) is 14.4. The highest BCUT2D eigenvalue weighted by molar-refractivity contribution is 6.30. The second-order valence-electron chi connectivity index (χ2n) is 6.38. The molecule has 0 spiro atoms. The van der Waals surface area contributed by atoms with Crippen molar-refractivity contribution in [2.75, 3.05) is 20.2 Å². The summed E-state index contributed by atoms with van der Waals surface area (Å²) < 4.78 is 18.8. The van der Waals surface area contributed by atoms with Crippen LogP contribution in [0.15, 0.2) is 42.5 Å². The highest BCUT2D eigenvalue weighted by atomic mass is 35.5. The van der Waals surface area contributed by atoms with E-state index < -0.39 is 5.82 Å². The lowest BCUT2D eigenvalue weighted by Gasteiger charge is -2.17. The summed E-state index contributed by atoms with van der Waals surface area (Å²) in [5, 5.41) is 0.262. The lowest BCUT2D eigenvalue weighted by molar-refractivity contribution is 0.0598. The lowest BCUT2D eigenvalue weighted by atomic mass is 9.95. The minimum absolute atomic E-state index is 0.0324. The summed E-state index contributed by atoms with van der Waals surface area (Å²) in [5.41, 5.74) is 1.48. The van der Waals surface area contributed by atoms with Gasteiger partial charge in [0.05, 0.1) is 18.2 Å². The van der Waals surface area contributed by atoms with Crippen LogP contribution in [0.25, 0.3) is 0 Å². The first-order valence-corrected chi connectivity index (χ1v) is 8.78. The fraction of sp³-hybridized carbons (Fsp3) is 0.300. The first-order chi connectivity index (χ1) is 12.5. The van der Waals surface area contributed by atoms with Crippen LogP contribution >= 0.6 is 11.6 Å². The van der Waals surface area contributed by atoms with Crippen LogP contribution in [0.2, 0.25) is 5.02 Å². The van der Waals surface area contributed by atoms with Gasteiger partial charge in [-0.05, 0) is 48.6 Å². The summed E-state index contributed by atoms with van der Waals surface area (Å²) in [6.07, 6.45) is 1.47. The molecule has 2 aromatic rings. The number of rotatable bonds is 4. The summed E-state index contributed by atoms with van der Waals surface area (Å²) in [6.45, 7) is 1.09. The Labute approximate surface area is 156 Å². The van der Waals surface area contributed by atoms with E-state index >= 15 is 0 Å². The SMILES string of the molecule is COC(=O)c1ccccc1CC1CCN(C(=O)c2ccc(Cl)cc2F)C1. The Hall–Kier alpha value is -2.40. The molecule has 0 aromatic heterocycles. The smallest absolute Gasteiger partial charge is 0.338 e. The zero-order valence-corrected chi connectivity index (χ0v) is 15.1. The molecule has 1 atom stereocenters. The number of carbonyl (C=O) groups is 2. The number of hydrogen-bond acceptors (Lipinski definition) is 3. The molecule has 1 heterocycles. The fourth-order valence-corrected chi connectivity index (χ4v) is 3.49. The number of benzene rings is 2. The van der Waals surface area contributed by atoms with E-state index in [0.29, 0.717) is 25.1 Å². The molecule has 1 saturated heterocycles. The molecule has 6 heteroatoms. The number of carbonyl (C=O) groups excluding carboxylic acids is 2.